The largest absolute Gasteiger partial charge is 0.508 e. The molecule has 1 aromatic carbocycles. The first-order valence-corrected chi connectivity index (χ1v) is 4.58. The summed E-state index contributed by atoms with van der Waals surface area (Å²) in [5, 5.41) is 10.4. The first-order chi connectivity index (χ1) is 7.72. The fraction of sp³-hybridized carbons (Fsp3) is 0. The zero-order valence-electron chi connectivity index (χ0n) is 8.63. The summed E-state index contributed by atoms with van der Waals surface area (Å²) in [7, 11) is 0. The molecule has 16 heavy (non-hydrogen) atoms. The van der Waals surface area contributed by atoms with Gasteiger partial charge < -0.3 is 10.8 Å². The van der Waals surface area contributed by atoms with Crippen molar-refractivity contribution in [3.05, 3.63) is 42.6 Å². The average molecular weight is 216 g/mol. The summed E-state index contributed by atoms with van der Waals surface area (Å²) < 4.78 is 0. The number of hydrogen-bond acceptors (Lipinski definition) is 3. The fourth-order valence-electron chi connectivity index (χ4n) is 1.36. The summed E-state index contributed by atoms with van der Waals surface area (Å²) in [6, 6.07) is 7.14. The zero-order valence-corrected chi connectivity index (χ0v) is 8.63. The Hall–Kier alpha value is -2.36. The summed E-state index contributed by atoms with van der Waals surface area (Å²) in [4.78, 5) is 12.7. The molecular weight excluding hydrogens is 204 g/mol. The third-order valence-electron chi connectivity index (χ3n) is 1.96. The molecule has 0 spiro atoms. The number of rotatable bonds is 1. The molecule has 4 heteroatoms. The minimum absolute atomic E-state index is 0.223. The summed E-state index contributed by atoms with van der Waals surface area (Å²) in [5.41, 5.74) is 5.86. The van der Waals surface area contributed by atoms with Crippen LogP contribution in [0.25, 0.3) is 17.0 Å². The molecule has 82 valence electrons. The van der Waals surface area contributed by atoms with Crippen LogP contribution in [0.3, 0.4) is 0 Å². The van der Waals surface area contributed by atoms with Gasteiger partial charge in [-0.2, -0.15) is 0 Å². The molecular formula is C12H12N2O2. The molecule has 3 N–H and O–H groups in total. The third kappa shape index (κ3) is 2.57. The lowest BCUT2D eigenvalue weighted by molar-refractivity contribution is -0.106. The number of pyridine rings is 1. The van der Waals surface area contributed by atoms with Gasteiger partial charge in [-0.1, -0.05) is 18.7 Å². The maximum absolute atomic E-state index is 9.35. The number of amides is 1. The molecule has 4 nitrogen and oxygen atoms in total. The topological polar surface area (TPSA) is 76.2 Å². The van der Waals surface area contributed by atoms with E-state index in [1.807, 2.05) is 12.1 Å². The molecule has 2 rings (SSSR count). The van der Waals surface area contributed by atoms with E-state index in [1.54, 1.807) is 24.4 Å². The van der Waals surface area contributed by atoms with Crippen LogP contribution in [0.5, 0.6) is 5.75 Å². The first-order valence-electron chi connectivity index (χ1n) is 4.58. The molecule has 0 saturated carbocycles. The summed E-state index contributed by atoms with van der Waals surface area (Å²) in [6.07, 6.45) is 3.67. The van der Waals surface area contributed by atoms with Crippen molar-refractivity contribution in [1.29, 1.82) is 0 Å². The van der Waals surface area contributed by atoms with Gasteiger partial charge in [-0.05, 0) is 17.7 Å². The number of phenolic OH excluding ortho intramolecular Hbond substituents is 1. The highest BCUT2D eigenvalue weighted by Gasteiger charge is 2.00. The van der Waals surface area contributed by atoms with Gasteiger partial charge in [0.1, 0.15) is 5.75 Å². The van der Waals surface area contributed by atoms with E-state index in [9.17, 15) is 5.11 Å². The number of nitrogens with two attached hydrogens (primary N) is 1. The van der Waals surface area contributed by atoms with Crippen LogP contribution < -0.4 is 5.73 Å². The minimum atomic E-state index is 0.223. The van der Waals surface area contributed by atoms with Crippen molar-refractivity contribution < 1.29 is 9.90 Å². The lowest BCUT2D eigenvalue weighted by Gasteiger charge is -2.01. The molecule has 0 aliphatic carbocycles. The monoisotopic (exact) mass is 216 g/mol. The average Bonchev–Trinajstić information content (AvgIpc) is 2.29. The highest BCUT2D eigenvalue weighted by atomic mass is 16.3. The molecule has 0 radical (unpaired) electrons. The molecule has 1 heterocycles. The molecule has 0 saturated heterocycles. The van der Waals surface area contributed by atoms with Crippen LogP contribution in [-0.4, -0.2) is 16.5 Å². The van der Waals surface area contributed by atoms with E-state index >= 15 is 0 Å². The Morgan fingerprint density at radius 2 is 2.12 bits per heavy atom. The molecule has 0 fully saturated rings. The summed E-state index contributed by atoms with van der Waals surface area (Å²) >= 11 is 0. The Kier molecular flexibility index (Phi) is 4.03. The summed E-state index contributed by atoms with van der Waals surface area (Å²) in [6.45, 7) is 3.68. The van der Waals surface area contributed by atoms with Gasteiger partial charge >= 0.3 is 0 Å². The van der Waals surface area contributed by atoms with Crippen LogP contribution >= 0.6 is 0 Å². The van der Waals surface area contributed by atoms with Crippen LogP contribution in [0.15, 0.2) is 37.0 Å². The van der Waals surface area contributed by atoms with Gasteiger partial charge in [0, 0.05) is 17.6 Å². The molecule has 0 bridgehead atoms. The van der Waals surface area contributed by atoms with Crippen molar-refractivity contribution in [2.24, 2.45) is 5.73 Å². The van der Waals surface area contributed by atoms with Crippen molar-refractivity contribution in [2.75, 3.05) is 0 Å². The molecule has 0 aliphatic rings. The highest BCUT2D eigenvalue weighted by molar-refractivity contribution is 5.88. The van der Waals surface area contributed by atoms with Crippen LogP contribution in [-0.2, 0) is 4.79 Å². The standard InChI is InChI=1S/C11H9NO.CH3NO/c1-2-8-6-9(13)7-11-10(8)4-3-5-12-11;2-1-3/h2-7,13H,1H2;1H,(H2,2,3). The normalized spacial score (nSPS) is 9.00. The van der Waals surface area contributed by atoms with E-state index in [0.717, 1.165) is 16.5 Å². The predicted octanol–water partition coefficient (Wildman–Crippen LogP) is 1.68. The van der Waals surface area contributed by atoms with Crippen LogP contribution in [0, 0.1) is 0 Å². The van der Waals surface area contributed by atoms with Gasteiger partial charge in [0.2, 0.25) is 6.41 Å². The van der Waals surface area contributed by atoms with E-state index in [1.165, 1.54) is 0 Å². The third-order valence-corrected chi connectivity index (χ3v) is 1.96. The Balaban J connectivity index is 0.000000386. The lowest BCUT2D eigenvalue weighted by atomic mass is 10.1. The van der Waals surface area contributed by atoms with E-state index < -0.39 is 0 Å². The number of aromatic hydroxyl groups is 1. The Morgan fingerprint density at radius 1 is 1.44 bits per heavy atom. The number of phenols is 1. The Bertz CT molecular complexity index is 509. The van der Waals surface area contributed by atoms with Crippen molar-refractivity contribution in [1.82, 2.24) is 4.98 Å². The SMILES string of the molecule is C=Cc1cc(O)cc2ncccc12.NC=O. The number of hydrogen-bond donors (Lipinski definition) is 2. The van der Waals surface area contributed by atoms with Crippen molar-refractivity contribution in [2.45, 2.75) is 0 Å². The van der Waals surface area contributed by atoms with Gasteiger partial charge in [0.25, 0.3) is 0 Å². The highest BCUT2D eigenvalue weighted by Crippen LogP contribution is 2.23. The lowest BCUT2D eigenvalue weighted by Crippen LogP contribution is -1.82. The molecule has 1 amide bonds. The predicted molar refractivity (Wildman–Crippen MR) is 63.8 cm³/mol. The molecule has 0 atom stereocenters. The maximum Gasteiger partial charge on any atom is 0.204 e. The van der Waals surface area contributed by atoms with Crippen LogP contribution in [0.1, 0.15) is 5.56 Å². The van der Waals surface area contributed by atoms with Crippen LogP contribution in [0.2, 0.25) is 0 Å². The van der Waals surface area contributed by atoms with Gasteiger partial charge in [-0.25, -0.2) is 0 Å². The molecule has 0 unspecified atom stereocenters. The van der Waals surface area contributed by atoms with Gasteiger partial charge in [0.15, 0.2) is 0 Å². The number of carbonyl (C=O) groups excluding carboxylic acids is 1. The van der Waals surface area contributed by atoms with Gasteiger partial charge in [-0.15, -0.1) is 0 Å². The summed E-state index contributed by atoms with van der Waals surface area (Å²) in [5.74, 6) is 0.223. The van der Waals surface area contributed by atoms with Crippen molar-refractivity contribution >= 4 is 23.4 Å². The maximum atomic E-state index is 9.35. The number of primary amides is 1. The fourth-order valence-corrected chi connectivity index (χ4v) is 1.36. The number of nitrogens with zero attached hydrogens (tertiary/aromatic N) is 1. The quantitative estimate of drug-likeness (QED) is 0.712. The Labute approximate surface area is 93.0 Å². The van der Waals surface area contributed by atoms with E-state index in [0.29, 0.717) is 0 Å². The number of carbonyl (C=O) groups is 1. The van der Waals surface area contributed by atoms with E-state index in [4.69, 9.17) is 4.79 Å². The molecule has 0 aliphatic heterocycles. The van der Waals surface area contributed by atoms with Crippen LogP contribution in [0.4, 0.5) is 0 Å². The second kappa shape index (κ2) is 5.50. The van der Waals surface area contributed by atoms with E-state index in [-0.39, 0.29) is 12.2 Å². The smallest absolute Gasteiger partial charge is 0.204 e. The second-order valence-electron chi connectivity index (χ2n) is 2.95. The minimum Gasteiger partial charge on any atom is -0.508 e. The van der Waals surface area contributed by atoms with Crippen molar-refractivity contribution in [3.8, 4) is 5.75 Å². The second-order valence-corrected chi connectivity index (χ2v) is 2.95. The van der Waals surface area contributed by atoms with Crippen molar-refractivity contribution in [3.63, 3.8) is 0 Å². The van der Waals surface area contributed by atoms with E-state index in [2.05, 4.69) is 17.3 Å². The number of aromatic nitrogens is 1. The number of benzene rings is 1. The number of fused-ring (bicyclic) bond motifs is 1. The van der Waals surface area contributed by atoms with Gasteiger partial charge in [0.05, 0.1) is 5.52 Å². The Morgan fingerprint density at radius 3 is 2.75 bits per heavy atom. The molecule has 1 aromatic heterocycles. The molecule has 2 aromatic rings. The van der Waals surface area contributed by atoms with Gasteiger partial charge in [-0.3, -0.25) is 9.78 Å². The first kappa shape index (κ1) is 11.7. The zero-order chi connectivity index (χ0) is 12.0.